The number of amides is 2. The summed E-state index contributed by atoms with van der Waals surface area (Å²) in [5.74, 6) is 0.563. The van der Waals surface area contributed by atoms with Gasteiger partial charge in [-0.2, -0.15) is 0 Å². The summed E-state index contributed by atoms with van der Waals surface area (Å²) in [5.41, 5.74) is 5.75. The average Bonchev–Trinajstić information content (AvgIpc) is 2.52. The fraction of sp³-hybridized carbons (Fsp3) is 0.529. The van der Waals surface area contributed by atoms with E-state index in [4.69, 9.17) is 15.2 Å². The number of hydrogen-bond donors (Lipinski definition) is 3. The molecule has 0 aliphatic carbocycles. The molecule has 0 fully saturated rings. The van der Waals surface area contributed by atoms with Gasteiger partial charge in [0.2, 0.25) is 11.8 Å². The minimum Gasteiger partial charge on any atom is -0.493 e. The van der Waals surface area contributed by atoms with Crippen LogP contribution in [0.4, 0.5) is 11.4 Å². The Kier molecular flexibility index (Phi) is 7.03. The van der Waals surface area contributed by atoms with Gasteiger partial charge < -0.3 is 25.8 Å². The molecule has 1 aromatic rings. The first kappa shape index (κ1) is 19.8. The van der Waals surface area contributed by atoms with E-state index in [0.717, 1.165) is 0 Å². The van der Waals surface area contributed by atoms with Crippen molar-refractivity contribution < 1.29 is 19.1 Å². The molecule has 0 atom stereocenters. The van der Waals surface area contributed by atoms with Crippen molar-refractivity contribution in [3.05, 3.63) is 12.1 Å². The maximum atomic E-state index is 12.3. The lowest BCUT2D eigenvalue weighted by Gasteiger charge is -2.21. The Morgan fingerprint density at radius 3 is 1.96 bits per heavy atom. The number of rotatable bonds is 7. The van der Waals surface area contributed by atoms with E-state index >= 15 is 0 Å². The van der Waals surface area contributed by atoms with E-state index in [9.17, 15) is 9.59 Å². The predicted octanol–water partition coefficient (Wildman–Crippen LogP) is 2.37. The lowest BCUT2D eigenvalue weighted by molar-refractivity contribution is -0.123. The first-order valence-electron chi connectivity index (χ1n) is 7.80. The molecule has 4 N–H and O–H groups in total. The zero-order chi connectivity index (χ0) is 18.3. The molecule has 0 aliphatic rings. The lowest BCUT2D eigenvalue weighted by atomic mass is 9.95. The summed E-state index contributed by atoms with van der Waals surface area (Å²) in [7, 11) is 3.01. The SMILES string of the molecule is COc1cc(NC(=O)CCCN)c(NC(=O)C(C)(C)C)cc1OC. The van der Waals surface area contributed by atoms with E-state index in [2.05, 4.69) is 10.6 Å². The Bertz CT molecular complexity index is 594. The van der Waals surface area contributed by atoms with Gasteiger partial charge in [0.25, 0.3) is 0 Å². The largest absolute Gasteiger partial charge is 0.493 e. The fourth-order valence-electron chi connectivity index (χ4n) is 1.87. The van der Waals surface area contributed by atoms with Gasteiger partial charge in [-0.1, -0.05) is 20.8 Å². The second-order valence-electron chi connectivity index (χ2n) is 6.40. The molecule has 0 spiro atoms. The molecule has 0 saturated heterocycles. The first-order valence-corrected chi connectivity index (χ1v) is 7.80. The van der Waals surface area contributed by atoms with Gasteiger partial charge in [0, 0.05) is 24.0 Å². The van der Waals surface area contributed by atoms with Crippen molar-refractivity contribution in [2.75, 3.05) is 31.4 Å². The molecular formula is C17H27N3O4. The molecule has 24 heavy (non-hydrogen) atoms. The maximum absolute atomic E-state index is 12.3. The van der Waals surface area contributed by atoms with E-state index in [1.165, 1.54) is 14.2 Å². The minimum absolute atomic E-state index is 0.174. The van der Waals surface area contributed by atoms with Crippen molar-refractivity contribution in [2.24, 2.45) is 11.1 Å². The smallest absolute Gasteiger partial charge is 0.229 e. The molecule has 7 heteroatoms. The van der Waals surface area contributed by atoms with Gasteiger partial charge in [0.15, 0.2) is 11.5 Å². The zero-order valence-electron chi connectivity index (χ0n) is 15.0. The normalized spacial score (nSPS) is 10.9. The van der Waals surface area contributed by atoms with E-state index in [1.54, 1.807) is 12.1 Å². The molecule has 1 aromatic carbocycles. The highest BCUT2D eigenvalue weighted by atomic mass is 16.5. The monoisotopic (exact) mass is 337 g/mol. The summed E-state index contributed by atoms with van der Waals surface area (Å²) >= 11 is 0. The van der Waals surface area contributed by atoms with Crippen LogP contribution in [0.15, 0.2) is 12.1 Å². The van der Waals surface area contributed by atoms with Gasteiger partial charge in [-0.15, -0.1) is 0 Å². The van der Waals surface area contributed by atoms with Gasteiger partial charge in [-0.3, -0.25) is 9.59 Å². The van der Waals surface area contributed by atoms with E-state index in [-0.39, 0.29) is 11.8 Å². The number of carbonyl (C=O) groups is 2. The quantitative estimate of drug-likeness (QED) is 0.709. The number of carbonyl (C=O) groups excluding carboxylic acids is 2. The van der Waals surface area contributed by atoms with E-state index < -0.39 is 5.41 Å². The number of methoxy groups -OCH3 is 2. The number of benzene rings is 1. The number of nitrogens with one attached hydrogen (secondary N) is 2. The van der Waals surface area contributed by atoms with Gasteiger partial charge >= 0.3 is 0 Å². The summed E-state index contributed by atoms with van der Waals surface area (Å²) in [6, 6.07) is 3.25. The summed E-state index contributed by atoms with van der Waals surface area (Å²) in [4.78, 5) is 24.3. The van der Waals surface area contributed by atoms with Crippen LogP contribution in [0.2, 0.25) is 0 Å². The van der Waals surface area contributed by atoms with Crippen molar-refractivity contribution in [1.82, 2.24) is 0 Å². The van der Waals surface area contributed by atoms with Crippen molar-refractivity contribution in [3.8, 4) is 11.5 Å². The van der Waals surface area contributed by atoms with Crippen LogP contribution in [0.1, 0.15) is 33.6 Å². The van der Waals surface area contributed by atoms with Crippen molar-refractivity contribution >= 4 is 23.2 Å². The Hall–Kier alpha value is -2.28. The minimum atomic E-state index is -0.575. The molecule has 0 unspecified atom stereocenters. The number of anilines is 2. The molecule has 0 heterocycles. The summed E-state index contributed by atoms with van der Waals surface area (Å²) in [5, 5.41) is 5.61. The highest BCUT2D eigenvalue weighted by Gasteiger charge is 2.23. The van der Waals surface area contributed by atoms with Crippen LogP contribution in [0.25, 0.3) is 0 Å². The third kappa shape index (κ3) is 5.42. The number of ether oxygens (including phenoxy) is 2. The van der Waals surface area contributed by atoms with Crippen LogP contribution in [-0.4, -0.2) is 32.6 Å². The molecule has 0 bridgehead atoms. The van der Waals surface area contributed by atoms with E-state index in [0.29, 0.717) is 42.3 Å². The van der Waals surface area contributed by atoms with Crippen LogP contribution >= 0.6 is 0 Å². The average molecular weight is 337 g/mol. The molecule has 1 rings (SSSR count). The van der Waals surface area contributed by atoms with Crippen LogP contribution in [0.5, 0.6) is 11.5 Å². The second kappa shape index (κ2) is 8.54. The van der Waals surface area contributed by atoms with Crippen LogP contribution in [-0.2, 0) is 9.59 Å². The highest BCUT2D eigenvalue weighted by Crippen LogP contribution is 2.37. The number of hydrogen-bond acceptors (Lipinski definition) is 5. The third-order valence-corrected chi connectivity index (χ3v) is 3.34. The van der Waals surface area contributed by atoms with E-state index in [1.807, 2.05) is 20.8 Å². The molecular weight excluding hydrogens is 310 g/mol. The predicted molar refractivity (Wildman–Crippen MR) is 94.5 cm³/mol. The summed E-state index contributed by atoms with van der Waals surface area (Å²) in [6.07, 6.45) is 0.889. The Labute approximate surface area is 142 Å². The van der Waals surface area contributed by atoms with Crippen LogP contribution in [0.3, 0.4) is 0 Å². The second-order valence-corrected chi connectivity index (χ2v) is 6.40. The molecule has 0 radical (unpaired) electrons. The third-order valence-electron chi connectivity index (χ3n) is 3.34. The maximum Gasteiger partial charge on any atom is 0.229 e. The molecule has 2 amide bonds. The van der Waals surface area contributed by atoms with Gasteiger partial charge in [-0.25, -0.2) is 0 Å². The van der Waals surface area contributed by atoms with Gasteiger partial charge in [-0.05, 0) is 13.0 Å². The number of nitrogens with two attached hydrogens (primary N) is 1. The lowest BCUT2D eigenvalue weighted by Crippen LogP contribution is -2.28. The molecule has 0 aliphatic heterocycles. The van der Waals surface area contributed by atoms with Crippen LogP contribution in [0, 0.1) is 5.41 Å². The zero-order valence-corrected chi connectivity index (χ0v) is 15.0. The fourth-order valence-corrected chi connectivity index (χ4v) is 1.87. The molecule has 7 nitrogen and oxygen atoms in total. The molecule has 134 valence electrons. The molecule has 0 aromatic heterocycles. The Balaban J connectivity index is 3.17. The molecule has 0 saturated carbocycles. The van der Waals surface area contributed by atoms with Crippen molar-refractivity contribution in [3.63, 3.8) is 0 Å². The van der Waals surface area contributed by atoms with Crippen molar-refractivity contribution in [1.29, 1.82) is 0 Å². The van der Waals surface area contributed by atoms with Crippen molar-refractivity contribution in [2.45, 2.75) is 33.6 Å². The van der Waals surface area contributed by atoms with Gasteiger partial charge in [0.1, 0.15) is 0 Å². The standard InChI is InChI=1S/C17H27N3O4/c1-17(2,3)16(22)20-12-10-14(24-5)13(23-4)9-11(12)19-15(21)7-6-8-18/h9-10H,6-8,18H2,1-5H3,(H,19,21)(H,20,22). The van der Waals surface area contributed by atoms with Gasteiger partial charge in [0.05, 0.1) is 25.6 Å². The summed E-state index contributed by atoms with van der Waals surface area (Å²) < 4.78 is 10.5. The summed E-state index contributed by atoms with van der Waals surface area (Å²) in [6.45, 7) is 5.86. The topological polar surface area (TPSA) is 103 Å². The Morgan fingerprint density at radius 2 is 1.54 bits per heavy atom. The van der Waals surface area contributed by atoms with Crippen LogP contribution < -0.4 is 25.8 Å². The Morgan fingerprint density at radius 1 is 1.04 bits per heavy atom. The first-order chi connectivity index (χ1) is 11.2. The highest BCUT2D eigenvalue weighted by molar-refractivity contribution is 6.01.